The summed E-state index contributed by atoms with van der Waals surface area (Å²) in [4.78, 5) is 36.6. The number of carbonyl (C=O) groups is 2. The first kappa shape index (κ1) is 29.0. The van der Waals surface area contributed by atoms with E-state index in [1.54, 1.807) is 6.20 Å². The van der Waals surface area contributed by atoms with Crippen molar-refractivity contribution >= 4 is 29.1 Å². The van der Waals surface area contributed by atoms with E-state index in [1.807, 2.05) is 42.5 Å². The molecule has 2 aliphatic rings. The van der Waals surface area contributed by atoms with E-state index in [0.717, 1.165) is 60.5 Å². The molecule has 2 atom stereocenters. The van der Waals surface area contributed by atoms with Crippen LogP contribution in [-0.4, -0.2) is 52.9 Å². The Labute approximate surface area is 247 Å². The van der Waals surface area contributed by atoms with Gasteiger partial charge in [-0.3, -0.25) is 14.5 Å². The summed E-state index contributed by atoms with van der Waals surface area (Å²) in [7, 11) is 2.06. The van der Waals surface area contributed by atoms with E-state index in [9.17, 15) is 9.59 Å². The van der Waals surface area contributed by atoms with Gasteiger partial charge in [-0.05, 0) is 80.8 Å². The lowest BCUT2D eigenvalue weighted by Gasteiger charge is -2.28. The second kappa shape index (κ2) is 13.9. The lowest BCUT2D eigenvalue weighted by Crippen LogP contribution is -2.40. The summed E-state index contributed by atoms with van der Waals surface area (Å²) in [6, 6.07) is 15.7. The molecule has 9 heteroatoms. The summed E-state index contributed by atoms with van der Waals surface area (Å²) in [6.45, 7) is 5.58. The largest absolute Gasteiger partial charge is 0.493 e. The molecular weight excluding hydrogens is 528 g/mol. The Bertz CT molecular complexity index is 1460. The van der Waals surface area contributed by atoms with Gasteiger partial charge in [-0.15, -0.1) is 0 Å². The second-order valence-electron chi connectivity index (χ2n) is 10.9. The number of ether oxygens (including phenoxy) is 1. The van der Waals surface area contributed by atoms with E-state index in [-0.39, 0.29) is 23.8 Å². The third-order valence-corrected chi connectivity index (χ3v) is 7.47. The molecule has 0 radical (unpaired) electrons. The van der Waals surface area contributed by atoms with Crippen LogP contribution in [-0.2, 0) is 16.1 Å². The predicted octanol–water partition coefficient (Wildman–Crippen LogP) is 5.46. The van der Waals surface area contributed by atoms with Gasteiger partial charge in [-0.1, -0.05) is 37.3 Å². The van der Waals surface area contributed by atoms with Gasteiger partial charge < -0.3 is 20.7 Å². The smallest absolute Gasteiger partial charge is 0.243 e. The molecule has 2 amide bonds. The average Bonchev–Trinajstić information content (AvgIpc) is 2.98. The third kappa shape index (κ3) is 8.04. The molecule has 1 aromatic heterocycles. The van der Waals surface area contributed by atoms with Crippen molar-refractivity contribution in [3.05, 3.63) is 85.1 Å². The van der Waals surface area contributed by atoms with Gasteiger partial charge in [0.05, 0.1) is 12.3 Å². The number of likely N-dealkylation sites (N-methyl/N-ethyl adjacent to an activating group) is 1. The van der Waals surface area contributed by atoms with Crippen molar-refractivity contribution in [2.45, 2.75) is 44.7 Å². The predicted molar refractivity (Wildman–Crippen MR) is 165 cm³/mol. The van der Waals surface area contributed by atoms with Gasteiger partial charge >= 0.3 is 0 Å². The van der Waals surface area contributed by atoms with Crippen molar-refractivity contribution in [3.8, 4) is 17.0 Å². The summed E-state index contributed by atoms with van der Waals surface area (Å²) in [5, 5.41) is 9.44. The topological polar surface area (TPSA) is 108 Å². The maximum absolute atomic E-state index is 13.4. The average molecular weight is 567 g/mol. The van der Waals surface area contributed by atoms with Crippen molar-refractivity contribution in [1.82, 2.24) is 20.2 Å². The first-order valence-corrected chi connectivity index (χ1v) is 14.5. The Morgan fingerprint density at radius 1 is 1.14 bits per heavy atom. The number of rotatable bonds is 4. The number of benzene rings is 2. The molecule has 2 heterocycles. The van der Waals surface area contributed by atoms with Crippen molar-refractivity contribution in [2.24, 2.45) is 5.92 Å². The first-order chi connectivity index (χ1) is 20.4. The van der Waals surface area contributed by atoms with E-state index < -0.39 is 0 Å². The summed E-state index contributed by atoms with van der Waals surface area (Å²) < 4.78 is 5.96. The highest BCUT2D eigenvalue weighted by Gasteiger charge is 2.28. The van der Waals surface area contributed by atoms with Gasteiger partial charge in [0.2, 0.25) is 17.8 Å². The van der Waals surface area contributed by atoms with Gasteiger partial charge in [-0.2, -0.15) is 0 Å². The maximum atomic E-state index is 13.4. The summed E-state index contributed by atoms with van der Waals surface area (Å²) in [5.41, 5.74) is 4.24. The molecule has 1 aliphatic heterocycles. The molecule has 3 N–H and O–H groups in total. The molecule has 5 rings (SSSR count). The second-order valence-corrected chi connectivity index (χ2v) is 10.9. The summed E-state index contributed by atoms with van der Waals surface area (Å²) in [5.74, 6) is 0.834. The number of aromatic nitrogens is 2. The number of nitrogens with zero attached hydrogens (tertiary/aromatic N) is 3. The number of anilines is 3. The summed E-state index contributed by atoms with van der Waals surface area (Å²) in [6.07, 6.45) is 11.2. The number of hydrogen-bond donors (Lipinski definition) is 3. The number of amides is 2. The molecule has 2 unspecified atom stereocenters. The lowest BCUT2D eigenvalue weighted by molar-refractivity contribution is -0.122. The van der Waals surface area contributed by atoms with Crippen LogP contribution in [0.15, 0.2) is 79.5 Å². The monoisotopic (exact) mass is 566 g/mol. The zero-order chi connectivity index (χ0) is 29.3. The molecule has 42 heavy (non-hydrogen) atoms. The van der Waals surface area contributed by atoms with Crippen LogP contribution in [0.2, 0.25) is 0 Å². The Morgan fingerprint density at radius 2 is 2.05 bits per heavy atom. The van der Waals surface area contributed by atoms with Crippen LogP contribution < -0.4 is 20.7 Å². The highest BCUT2D eigenvalue weighted by Crippen LogP contribution is 2.29. The zero-order valence-corrected chi connectivity index (χ0v) is 24.0. The number of hydrogen-bond acceptors (Lipinski definition) is 7. The van der Waals surface area contributed by atoms with Crippen molar-refractivity contribution < 1.29 is 14.3 Å². The Balaban J connectivity index is 1.40. The molecule has 6 bridgehead atoms. The molecule has 1 saturated carbocycles. The van der Waals surface area contributed by atoms with Crippen molar-refractivity contribution in [1.29, 1.82) is 0 Å². The SMILES string of the molecule is C=CC(=O)NC1CCCC(C(=O)Nc2cc3cc(c2)Nc2nccc(n2)-c2cccc(c2)OCC/C=C/CN(C)C3)C1. The Kier molecular flexibility index (Phi) is 9.61. The van der Waals surface area contributed by atoms with Crippen LogP contribution in [0.1, 0.15) is 37.7 Å². The Morgan fingerprint density at radius 3 is 2.93 bits per heavy atom. The molecule has 3 aromatic rings. The van der Waals surface area contributed by atoms with Gasteiger partial charge in [0.15, 0.2) is 0 Å². The van der Waals surface area contributed by atoms with E-state index in [0.29, 0.717) is 31.2 Å². The molecule has 218 valence electrons. The normalized spacial score (nSPS) is 20.0. The number of carbonyl (C=O) groups excluding carboxylic acids is 2. The van der Waals surface area contributed by atoms with Gasteiger partial charge in [-0.25, -0.2) is 9.97 Å². The molecule has 1 aliphatic carbocycles. The van der Waals surface area contributed by atoms with E-state index >= 15 is 0 Å². The number of fused-ring (bicyclic) bond motifs is 7. The van der Waals surface area contributed by atoms with E-state index in [2.05, 4.69) is 57.7 Å². The van der Waals surface area contributed by atoms with Crippen molar-refractivity contribution in [3.63, 3.8) is 0 Å². The minimum atomic E-state index is -0.201. The van der Waals surface area contributed by atoms with Gasteiger partial charge in [0, 0.05) is 48.2 Å². The molecule has 0 spiro atoms. The fourth-order valence-corrected chi connectivity index (χ4v) is 5.44. The van der Waals surface area contributed by atoms with Crippen LogP contribution >= 0.6 is 0 Å². The standard InChI is InChI=1S/C33H38N6O3/c1-3-31(40)35-26-11-7-10-25(19-26)32(41)36-27-17-23-18-28(21-27)37-33-34-14-13-30(38-33)24-9-8-12-29(20-24)42-16-6-4-5-15-39(2)22-23/h3-5,8-9,12-14,17-18,20-21,25-26H,1,6-7,10-11,15-16,19,22H2,2H3,(H,35,40)(H,36,41)(H,34,37,38)/b5-4+. The fraction of sp³-hybridized carbons (Fsp3) is 0.333. The molecule has 9 nitrogen and oxygen atoms in total. The van der Waals surface area contributed by atoms with Crippen LogP contribution in [0.25, 0.3) is 11.3 Å². The fourth-order valence-electron chi connectivity index (χ4n) is 5.44. The minimum Gasteiger partial charge on any atom is -0.493 e. The highest BCUT2D eigenvalue weighted by molar-refractivity contribution is 5.93. The maximum Gasteiger partial charge on any atom is 0.243 e. The van der Waals surface area contributed by atoms with Crippen LogP contribution in [0.3, 0.4) is 0 Å². The molecule has 1 fully saturated rings. The van der Waals surface area contributed by atoms with Crippen LogP contribution in [0.5, 0.6) is 5.75 Å². The van der Waals surface area contributed by atoms with Crippen molar-refractivity contribution in [2.75, 3.05) is 30.8 Å². The van der Waals surface area contributed by atoms with E-state index in [4.69, 9.17) is 9.72 Å². The van der Waals surface area contributed by atoms with Gasteiger partial charge in [0.1, 0.15) is 5.75 Å². The molecule has 0 saturated heterocycles. The number of nitrogens with one attached hydrogen (secondary N) is 3. The van der Waals surface area contributed by atoms with Gasteiger partial charge in [0.25, 0.3) is 0 Å². The van der Waals surface area contributed by atoms with Crippen LogP contribution in [0.4, 0.5) is 17.3 Å². The first-order valence-electron chi connectivity index (χ1n) is 14.5. The summed E-state index contributed by atoms with van der Waals surface area (Å²) >= 11 is 0. The highest BCUT2D eigenvalue weighted by atomic mass is 16.5. The quantitative estimate of drug-likeness (QED) is 0.284. The minimum absolute atomic E-state index is 0.0257. The lowest BCUT2D eigenvalue weighted by atomic mass is 9.85. The molecular formula is C33H38N6O3. The third-order valence-electron chi connectivity index (χ3n) is 7.47. The van der Waals surface area contributed by atoms with E-state index in [1.165, 1.54) is 6.08 Å². The van der Waals surface area contributed by atoms with Crippen LogP contribution in [0, 0.1) is 5.92 Å². The molecule has 2 aromatic carbocycles. The zero-order valence-electron chi connectivity index (χ0n) is 24.0. The Hall–Kier alpha value is -4.50.